The molecule has 3 N–H and O–H groups in total. The number of aromatic hydroxyl groups is 2. The van der Waals surface area contributed by atoms with Crippen LogP contribution in [-0.2, 0) is 9.53 Å². The largest absolute Gasteiger partial charge is 0.508 e. The number of carbonyl (C=O) groups is 2. The van der Waals surface area contributed by atoms with Crippen molar-refractivity contribution in [2.45, 2.75) is 0 Å². The molecule has 0 radical (unpaired) electrons. The third-order valence-electron chi connectivity index (χ3n) is 2.57. The van der Waals surface area contributed by atoms with E-state index in [-0.39, 0.29) is 29.5 Å². The molecule has 7 heteroatoms. The molecule has 0 heterocycles. The van der Waals surface area contributed by atoms with Gasteiger partial charge in [-0.05, 0) is 18.2 Å². The number of phenolic OH excluding ortho intramolecular Hbond substituents is 2. The van der Waals surface area contributed by atoms with Crippen LogP contribution in [0.2, 0.25) is 0 Å². The van der Waals surface area contributed by atoms with Crippen molar-refractivity contribution in [3.05, 3.63) is 23.8 Å². The molecular formula is C13H18N2O5. The van der Waals surface area contributed by atoms with Gasteiger partial charge in [0.2, 0.25) is 5.91 Å². The van der Waals surface area contributed by atoms with Crippen LogP contribution in [-0.4, -0.2) is 60.8 Å². The highest BCUT2D eigenvalue weighted by molar-refractivity contribution is 5.98. The summed E-state index contributed by atoms with van der Waals surface area (Å²) in [6.07, 6.45) is 0. The van der Waals surface area contributed by atoms with Crippen LogP contribution in [0.25, 0.3) is 0 Å². The van der Waals surface area contributed by atoms with Gasteiger partial charge < -0.3 is 25.2 Å². The third-order valence-corrected chi connectivity index (χ3v) is 2.57. The average molecular weight is 282 g/mol. The Hall–Kier alpha value is -2.28. The lowest BCUT2D eigenvalue weighted by Gasteiger charge is -2.17. The summed E-state index contributed by atoms with van der Waals surface area (Å²) >= 11 is 0. The van der Waals surface area contributed by atoms with Crippen molar-refractivity contribution >= 4 is 11.8 Å². The van der Waals surface area contributed by atoms with Crippen LogP contribution >= 0.6 is 0 Å². The summed E-state index contributed by atoms with van der Waals surface area (Å²) < 4.78 is 4.79. The first-order valence-electron chi connectivity index (χ1n) is 5.98. The number of hydrogen-bond acceptors (Lipinski definition) is 5. The van der Waals surface area contributed by atoms with E-state index in [4.69, 9.17) is 4.74 Å². The minimum Gasteiger partial charge on any atom is -0.508 e. The van der Waals surface area contributed by atoms with Gasteiger partial charge in [0, 0.05) is 20.7 Å². The smallest absolute Gasteiger partial charge is 0.257 e. The third kappa shape index (κ3) is 4.43. The molecule has 7 nitrogen and oxygen atoms in total. The lowest BCUT2D eigenvalue weighted by Crippen LogP contribution is -2.39. The van der Waals surface area contributed by atoms with E-state index in [9.17, 15) is 19.8 Å². The van der Waals surface area contributed by atoms with Crippen LogP contribution in [0, 0.1) is 0 Å². The summed E-state index contributed by atoms with van der Waals surface area (Å²) in [5.41, 5.74) is -0.0582. The Labute approximate surface area is 116 Å². The topological polar surface area (TPSA) is 99.1 Å². The van der Waals surface area contributed by atoms with Crippen molar-refractivity contribution in [2.75, 3.05) is 33.9 Å². The van der Waals surface area contributed by atoms with Crippen LogP contribution in [0.4, 0.5) is 0 Å². The van der Waals surface area contributed by atoms with E-state index in [0.717, 1.165) is 11.0 Å². The minimum absolute atomic E-state index is 0.0582. The summed E-state index contributed by atoms with van der Waals surface area (Å²) in [6, 6.07) is 3.63. The van der Waals surface area contributed by atoms with Crippen molar-refractivity contribution in [3.8, 4) is 11.5 Å². The molecule has 0 aliphatic heterocycles. The molecule has 0 unspecified atom stereocenters. The number of ether oxygens (including phenoxy) is 1. The Kier molecular flexibility index (Phi) is 5.79. The van der Waals surface area contributed by atoms with Gasteiger partial charge in [-0.1, -0.05) is 0 Å². The van der Waals surface area contributed by atoms with Gasteiger partial charge in [0.05, 0.1) is 18.7 Å². The summed E-state index contributed by atoms with van der Waals surface area (Å²) in [5.74, 6) is -1.28. The molecule has 2 amide bonds. The molecule has 0 bridgehead atoms. The molecule has 1 rings (SSSR count). The Bertz CT molecular complexity index is 490. The van der Waals surface area contributed by atoms with Crippen LogP contribution in [0.1, 0.15) is 10.4 Å². The van der Waals surface area contributed by atoms with E-state index < -0.39 is 5.91 Å². The predicted octanol–water partition coefficient (Wildman–Crippen LogP) is -0.0676. The number of amides is 2. The second-order valence-electron chi connectivity index (χ2n) is 4.21. The molecule has 0 atom stereocenters. The van der Waals surface area contributed by atoms with Gasteiger partial charge >= 0.3 is 0 Å². The van der Waals surface area contributed by atoms with E-state index >= 15 is 0 Å². The number of hydrogen-bond donors (Lipinski definition) is 3. The highest BCUT2D eigenvalue weighted by Gasteiger charge is 2.18. The van der Waals surface area contributed by atoms with Gasteiger partial charge in [0.1, 0.15) is 11.5 Å². The van der Waals surface area contributed by atoms with Crippen LogP contribution in [0.5, 0.6) is 11.5 Å². The molecule has 0 aliphatic carbocycles. The molecule has 110 valence electrons. The van der Waals surface area contributed by atoms with Gasteiger partial charge in [0.15, 0.2) is 0 Å². The number of methoxy groups -OCH3 is 1. The van der Waals surface area contributed by atoms with E-state index in [1.807, 2.05) is 0 Å². The van der Waals surface area contributed by atoms with Crippen LogP contribution in [0.3, 0.4) is 0 Å². The van der Waals surface area contributed by atoms with Gasteiger partial charge in [-0.25, -0.2) is 0 Å². The maximum Gasteiger partial charge on any atom is 0.257 e. The second-order valence-corrected chi connectivity index (χ2v) is 4.21. The molecule has 1 aromatic carbocycles. The number of phenols is 2. The summed E-state index contributed by atoms with van der Waals surface area (Å²) in [5, 5.41) is 21.5. The zero-order chi connectivity index (χ0) is 15.1. The van der Waals surface area contributed by atoms with E-state index in [1.165, 1.54) is 26.3 Å². The Morgan fingerprint density at radius 2 is 2.05 bits per heavy atom. The zero-order valence-electron chi connectivity index (χ0n) is 11.4. The number of benzene rings is 1. The monoisotopic (exact) mass is 282 g/mol. The highest BCUT2D eigenvalue weighted by atomic mass is 16.5. The van der Waals surface area contributed by atoms with E-state index in [0.29, 0.717) is 13.2 Å². The molecule has 0 spiro atoms. The number of carbonyl (C=O) groups excluding carboxylic acids is 2. The molecule has 0 saturated carbocycles. The molecule has 0 aromatic heterocycles. The molecule has 0 aliphatic rings. The Balaban J connectivity index is 2.62. The standard InChI is InChI=1S/C13H18N2O5/c1-15(8-12(18)14-5-6-20-2)13(19)10-7-9(16)3-4-11(10)17/h3-4,7,16-17H,5-6,8H2,1-2H3,(H,14,18). The maximum atomic E-state index is 12.0. The number of likely N-dealkylation sites (N-methyl/N-ethyl adjacent to an activating group) is 1. The summed E-state index contributed by atoms with van der Waals surface area (Å²) in [6.45, 7) is 0.586. The Morgan fingerprint density at radius 1 is 1.35 bits per heavy atom. The SMILES string of the molecule is COCCNC(=O)CN(C)C(=O)c1cc(O)ccc1O. The Morgan fingerprint density at radius 3 is 2.70 bits per heavy atom. The minimum atomic E-state index is -0.555. The first-order valence-corrected chi connectivity index (χ1v) is 5.98. The fraction of sp³-hybridized carbons (Fsp3) is 0.385. The normalized spacial score (nSPS) is 10.1. The molecule has 0 fully saturated rings. The predicted molar refractivity (Wildman–Crippen MR) is 71.6 cm³/mol. The van der Waals surface area contributed by atoms with Crippen LogP contribution < -0.4 is 5.32 Å². The number of nitrogens with zero attached hydrogens (tertiary/aromatic N) is 1. The molecule has 1 aromatic rings. The fourth-order valence-electron chi connectivity index (χ4n) is 1.54. The maximum absolute atomic E-state index is 12.0. The summed E-state index contributed by atoms with van der Waals surface area (Å²) in [4.78, 5) is 24.7. The van der Waals surface area contributed by atoms with Gasteiger partial charge in [-0.15, -0.1) is 0 Å². The van der Waals surface area contributed by atoms with Crippen molar-refractivity contribution in [1.29, 1.82) is 0 Å². The number of rotatable bonds is 6. The molecule has 20 heavy (non-hydrogen) atoms. The van der Waals surface area contributed by atoms with Gasteiger partial charge in [0.25, 0.3) is 5.91 Å². The summed E-state index contributed by atoms with van der Waals surface area (Å²) in [7, 11) is 2.95. The highest BCUT2D eigenvalue weighted by Crippen LogP contribution is 2.23. The fourth-order valence-corrected chi connectivity index (χ4v) is 1.54. The first kappa shape index (κ1) is 15.8. The number of nitrogens with one attached hydrogen (secondary N) is 1. The lowest BCUT2D eigenvalue weighted by atomic mass is 10.1. The van der Waals surface area contributed by atoms with Crippen molar-refractivity contribution in [3.63, 3.8) is 0 Å². The van der Waals surface area contributed by atoms with E-state index in [1.54, 1.807) is 0 Å². The average Bonchev–Trinajstić information content (AvgIpc) is 2.41. The van der Waals surface area contributed by atoms with Gasteiger partial charge in [-0.2, -0.15) is 0 Å². The quantitative estimate of drug-likeness (QED) is 0.501. The molecular weight excluding hydrogens is 264 g/mol. The van der Waals surface area contributed by atoms with E-state index in [2.05, 4.69) is 5.32 Å². The second kappa shape index (κ2) is 7.34. The zero-order valence-corrected chi connectivity index (χ0v) is 11.4. The van der Waals surface area contributed by atoms with Crippen molar-refractivity contribution in [2.24, 2.45) is 0 Å². The van der Waals surface area contributed by atoms with Crippen LogP contribution in [0.15, 0.2) is 18.2 Å². The molecule has 0 saturated heterocycles. The lowest BCUT2D eigenvalue weighted by molar-refractivity contribution is -0.121. The van der Waals surface area contributed by atoms with Crippen molar-refractivity contribution < 1.29 is 24.5 Å². The van der Waals surface area contributed by atoms with Gasteiger partial charge in [-0.3, -0.25) is 9.59 Å². The first-order chi connectivity index (χ1) is 9.45. The van der Waals surface area contributed by atoms with Crippen molar-refractivity contribution in [1.82, 2.24) is 10.2 Å².